The zero-order valence-electron chi connectivity index (χ0n) is 3.70. The van der Waals surface area contributed by atoms with Gasteiger partial charge in [-0.05, 0) is 5.92 Å². The first kappa shape index (κ1) is 3.20. The van der Waals surface area contributed by atoms with Crippen LogP contribution in [0.2, 0.25) is 0 Å². The van der Waals surface area contributed by atoms with Gasteiger partial charge in [-0.1, -0.05) is 26.2 Å². The standard InChI is InChI=1S/C5H10/c1-2-5-3-4-5/h5H,2-4H2,1H3. The van der Waals surface area contributed by atoms with Crippen LogP contribution in [0.25, 0.3) is 0 Å². The molecule has 30 valence electrons. The third-order valence-electron chi connectivity index (χ3n) is 1.27. The average Bonchev–Trinajstić information content (AvgIpc) is 2.12. The second-order valence-electron chi connectivity index (χ2n) is 1.85. The Morgan fingerprint density at radius 3 is 2.20 bits per heavy atom. The van der Waals surface area contributed by atoms with E-state index in [0.717, 1.165) is 5.92 Å². The Morgan fingerprint density at radius 1 is 1.60 bits per heavy atom. The first-order valence-electron chi connectivity index (χ1n) is 2.43. The molecule has 0 bridgehead atoms. The lowest BCUT2D eigenvalue weighted by Gasteiger charge is -1.72. The summed E-state index contributed by atoms with van der Waals surface area (Å²) in [5.74, 6) is 1.13. The van der Waals surface area contributed by atoms with Crippen LogP contribution in [0.3, 0.4) is 0 Å². The van der Waals surface area contributed by atoms with E-state index in [-0.39, 0.29) is 0 Å². The zero-order chi connectivity index (χ0) is 3.70. The van der Waals surface area contributed by atoms with Gasteiger partial charge in [-0.25, -0.2) is 0 Å². The van der Waals surface area contributed by atoms with Gasteiger partial charge in [0.15, 0.2) is 0 Å². The van der Waals surface area contributed by atoms with Crippen LogP contribution in [0.15, 0.2) is 0 Å². The van der Waals surface area contributed by atoms with Gasteiger partial charge in [-0.3, -0.25) is 0 Å². The van der Waals surface area contributed by atoms with Gasteiger partial charge in [-0.2, -0.15) is 0 Å². The van der Waals surface area contributed by atoms with Crippen molar-refractivity contribution in [1.29, 1.82) is 0 Å². The molecule has 0 aromatic carbocycles. The predicted molar refractivity (Wildman–Crippen MR) is 23.0 cm³/mol. The summed E-state index contributed by atoms with van der Waals surface area (Å²) in [5, 5.41) is 0. The van der Waals surface area contributed by atoms with E-state index >= 15 is 0 Å². The summed E-state index contributed by atoms with van der Waals surface area (Å²) in [6.45, 7) is 2.26. The molecule has 0 heteroatoms. The van der Waals surface area contributed by atoms with Gasteiger partial charge in [-0.15, -0.1) is 0 Å². The second kappa shape index (κ2) is 1.00. The Morgan fingerprint density at radius 2 is 2.20 bits per heavy atom. The summed E-state index contributed by atoms with van der Waals surface area (Å²) < 4.78 is 0. The molecular weight excluding hydrogens is 60.1 g/mol. The van der Waals surface area contributed by atoms with Crippen LogP contribution in [-0.4, -0.2) is 0 Å². The Balaban J connectivity index is 2.00. The minimum Gasteiger partial charge on any atom is -0.0651 e. The molecule has 5 heavy (non-hydrogen) atoms. The third-order valence-corrected chi connectivity index (χ3v) is 1.27. The fourth-order valence-electron chi connectivity index (χ4n) is 0.526. The van der Waals surface area contributed by atoms with E-state index in [2.05, 4.69) is 6.92 Å². The minimum atomic E-state index is 1.13. The van der Waals surface area contributed by atoms with Crippen molar-refractivity contribution in [3.05, 3.63) is 0 Å². The van der Waals surface area contributed by atoms with Crippen molar-refractivity contribution in [2.75, 3.05) is 0 Å². The molecule has 0 heterocycles. The highest BCUT2D eigenvalue weighted by Gasteiger charge is 2.17. The molecule has 0 atom stereocenters. The normalized spacial score (nSPS) is 23.4. The molecule has 0 N–H and O–H groups in total. The van der Waals surface area contributed by atoms with Crippen molar-refractivity contribution in [1.82, 2.24) is 0 Å². The number of rotatable bonds is 1. The average molecular weight is 70.1 g/mol. The number of hydrogen-bond acceptors (Lipinski definition) is 0. The molecule has 1 aliphatic rings. The lowest BCUT2D eigenvalue weighted by atomic mass is 10.3. The van der Waals surface area contributed by atoms with Crippen molar-refractivity contribution in [2.45, 2.75) is 26.2 Å². The molecule has 1 saturated carbocycles. The maximum atomic E-state index is 2.26. The quantitative estimate of drug-likeness (QED) is 0.441. The van der Waals surface area contributed by atoms with Gasteiger partial charge in [0.25, 0.3) is 0 Å². The van der Waals surface area contributed by atoms with Gasteiger partial charge in [0.05, 0.1) is 0 Å². The molecule has 0 aromatic heterocycles. The molecular formula is C5H10. The maximum Gasteiger partial charge on any atom is -0.0417 e. The molecule has 0 unspecified atom stereocenters. The van der Waals surface area contributed by atoms with E-state index in [0.29, 0.717) is 0 Å². The molecule has 1 rings (SSSR count). The van der Waals surface area contributed by atoms with Crippen LogP contribution in [0.5, 0.6) is 0 Å². The fraction of sp³-hybridized carbons (Fsp3) is 1.00. The zero-order valence-corrected chi connectivity index (χ0v) is 3.70. The first-order chi connectivity index (χ1) is 2.43. The van der Waals surface area contributed by atoms with Gasteiger partial charge in [0.2, 0.25) is 0 Å². The van der Waals surface area contributed by atoms with Crippen LogP contribution >= 0.6 is 0 Å². The Kier molecular flexibility index (Phi) is 0.640. The molecule has 0 nitrogen and oxygen atoms in total. The highest BCUT2D eigenvalue weighted by Crippen LogP contribution is 2.31. The van der Waals surface area contributed by atoms with Gasteiger partial charge >= 0.3 is 0 Å². The predicted octanol–water partition coefficient (Wildman–Crippen LogP) is 1.81. The summed E-state index contributed by atoms with van der Waals surface area (Å²) in [5.41, 5.74) is 0. The van der Waals surface area contributed by atoms with E-state index in [1.54, 1.807) is 0 Å². The molecule has 1 fully saturated rings. The largest absolute Gasteiger partial charge is 0.0651 e. The summed E-state index contributed by atoms with van der Waals surface area (Å²) in [6.07, 6.45) is 4.44. The third kappa shape index (κ3) is 0.640. The molecule has 0 radical (unpaired) electrons. The highest BCUT2D eigenvalue weighted by molar-refractivity contribution is 4.69. The van der Waals surface area contributed by atoms with Gasteiger partial charge < -0.3 is 0 Å². The highest BCUT2D eigenvalue weighted by atomic mass is 14.2. The first-order valence-corrected chi connectivity index (χ1v) is 2.43. The smallest absolute Gasteiger partial charge is 0.0417 e. The van der Waals surface area contributed by atoms with Crippen molar-refractivity contribution in [3.63, 3.8) is 0 Å². The van der Waals surface area contributed by atoms with Gasteiger partial charge in [0.1, 0.15) is 0 Å². The summed E-state index contributed by atoms with van der Waals surface area (Å²) in [6, 6.07) is 0. The Hall–Kier alpha value is 0. The van der Waals surface area contributed by atoms with E-state index < -0.39 is 0 Å². The van der Waals surface area contributed by atoms with Crippen LogP contribution < -0.4 is 0 Å². The lowest BCUT2D eigenvalue weighted by Crippen LogP contribution is -1.59. The van der Waals surface area contributed by atoms with E-state index in [9.17, 15) is 0 Å². The van der Waals surface area contributed by atoms with Crippen molar-refractivity contribution in [3.8, 4) is 0 Å². The van der Waals surface area contributed by atoms with E-state index in [1.807, 2.05) is 0 Å². The topological polar surface area (TPSA) is 0 Å². The summed E-state index contributed by atoms with van der Waals surface area (Å²) in [4.78, 5) is 0. The van der Waals surface area contributed by atoms with Gasteiger partial charge in [0, 0.05) is 0 Å². The summed E-state index contributed by atoms with van der Waals surface area (Å²) in [7, 11) is 0. The second-order valence-corrected chi connectivity index (χ2v) is 1.85. The molecule has 0 aliphatic heterocycles. The minimum absolute atomic E-state index is 1.13. The Labute approximate surface area is 33.2 Å². The molecule has 0 saturated heterocycles. The molecule has 0 aromatic rings. The number of hydrogen-bond donors (Lipinski definition) is 0. The van der Waals surface area contributed by atoms with Crippen molar-refractivity contribution >= 4 is 0 Å². The maximum absolute atomic E-state index is 2.26. The SMILES string of the molecule is CCC1CC1. The van der Waals surface area contributed by atoms with E-state index in [1.165, 1.54) is 19.3 Å². The van der Waals surface area contributed by atoms with Crippen molar-refractivity contribution in [2.24, 2.45) is 5.92 Å². The van der Waals surface area contributed by atoms with E-state index in [4.69, 9.17) is 0 Å². The van der Waals surface area contributed by atoms with Crippen LogP contribution in [0, 0.1) is 5.92 Å². The lowest BCUT2D eigenvalue weighted by molar-refractivity contribution is 0.799. The fourth-order valence-corrected chi connectivity index (χ4v) is 0.526. The molecule has 0 spiro atoms. The van der Waals surface area contributed by atoms with Crippen LogP contribution in [0.1, 0.15) is 26.2 Å². The van der Waals surface area contributed by atoms with Crippen molar-refractivity contribution < 1.29 is 0 Å². The molecule has 1 aliphatic carbocycles. The van der Waals surface area contributed by atoms with Crippen LogP contribution in [-0.2, 0) is 0 Å². The monoisotopic (exact) mass is 70.1 g/mol. The van der Waals surface area contributed by atoms with Crippen LogP contribution in [0.4, 0.5) is 0 Å². The Bertz CT molecular complexity index is 27.0. The summed E-state index contributed by atoms with van der Waals surface area (Å²) >= 11 is 0. The molecule has 0 amide bonds.